The van der Waals surface area contributed by atoms with Gasteiger partial charge in [0.1, 0.15) is 5.82 Å². The second-order valence-corrected chi connectivity index (χ2v) is 6.40. The van der Waals surface area contributed by atoms with Gasteiger partial charge in [0.05, 0.1) is 21.9 Å². The van der Waals surface area contributed by atoms with E-state index in [1.165, 1.54) is 25.7 Å². The summed E-state index contributed by atoms with van der Waals surface area (Å²) in [5, 5.41) is 4.35. The first kappa shape index (κ1) is 14.5. The number of aryl methyl sites for hydroxylation is 1. The number of nitrogens with two attached hydrogens (primary N) is 1. The van der Waals surface area contributed by atoms with Gasteiger partial charge in [-0.2, -0.15) is 5.10 Å². The van der Waals surface area contributed by atoms with E-state index in [9.17, 15) is 0 Å². The van der Waals surface area contributed by atoms with Crippen LogP contribution in [0, 0.1) is 0 Å². The summed E-state index contributed by atoms with van der Waals surface area (Å²) in [6, 6.07) is 0. The van der Waals surface area contributed by atoms with Gasteiger partial charge in [-0.15, -0.1) is 0 Å². The molecule has 2 N–H and O–H groups in total. The summed E-state index contributed by atoms with van der Waals surface area (Å²) in [5.74, 6) is 1.69. The number of halogens is 1. The number of rotatable bonds is 4. The Labute approximate surface area is 133 Å². The molecule has 6 heteroatoms. The maximum absolute atomic E-state index is 6.07. The molecule has 2 heterocycles. The van der Waals surface area contributed by atoms with Gasteiger partial charge >= 0.3 is 0 Å². The van der Waals surface area contributed by atoms with E-state index in [1.807, 2.05) is 17.1 Å². The van der Waals surface area contributed by atoms with E-state index in [0.717, 1.165) is 28.7 Å². The summed E-state index contributed by atoms with van der Waals surface area (Å²) >= 11 is 3.56. The summed E-state index contributed by atoms with van der Waals surface area (Å²) < 4.78 is 2.78. The summed E-state index contributed by atoms with van der Waals surface area (Å²) in [6.07, 6.45) is 9.77. The Morgan fingerprint density at radius 1 is 1.33 bits per heavy atom. The molecular weight excluding hydrogens is 330 g/mol. The highest BCUT2D eigenvalue weighted by Crippen LogP contribution is 2.38. The quantitative estimate of drug-likeness (QED) is 0.912. The predicted molar refractivity (Wildman–Crippen MR) is 86.9 cm³/mol. The van der Waals surface area contributed by atoms with E-state index in [1.54, 1.807) is 0 Å². The molecule has 112 valence electrons. The molecule has 0 aliphatic heterocycles. The molecule has 0 aromatic carbocycles. The van der Waals surface area contributed by atoms with Crippen LogP contribution in [0.5, 0.6) is 0 Å². The average molecular weight is 350 g/mol. The molecule has 0 amide bonds. The minimum absolute atomic E-state index is 0.495. The van der Waals surface area contributed by atoms with Crippen LogP contribution in [0.2, 0.25) is 0 Å². The molecule has 0 radical (unpaired) electrons. The predicted octanol–water partition coefficient (Wildman–Crippen LogP) is 3.75. The highest BCUT2D eigenvalue weighted by Gasteiger charge is 2.23. The topological polar surface area (TPSA) is 69.6 Å². The van der Waals surface area contributed by atoms with Gasteiger partial charge in [-0.1, -0.05) is 19.8 Å². The molecule has 1 saturated carbocycles. The van der Waals surface area contributed by atoms with Crippen molar-refractivity contribution in [2.45, 2.75) is 51.5 Å². The summed E-state index contributed by atoms with van der Waals surface area (Å²) in [7, 11) is 0. The van der Waals surface area contributed by atoms with Crippen molar-refractivity contribution in [3.8, 4) is 11.4 Å². The molecule has 1 aliphatic rings. The fourth-order valence-electron chi connectivity index (χ4n) is 2.91. The summed E-state index contributed by atoms with van der Waals surface area (Å²) in [5.41, 5.74) is 8.05. The van der Waals surface area contributed by atoms with Gasteiger partial charge in [-0.3, -0.25) is 4.68 Å². The number of aromatic nitrogens is 4. The Morgan fingerprint density at radius 3 is 2.81 bits per heavy atom. The molecule has 2 aromatic heterocycles. The van der Waals surface area contributed by atoms with Crippen LogP contribution in [-0.2, 0) is 6.54 Å². The van der Waals surface area contributed by atoms with Gasteiger partial charge in [-0.05, 0) is 35.2 Å². The fraction of sp³-hybridized carbons (Fsp3) is 0.533. The van der Waals surface area contributed by atoms with E-state index in [2.05, 4.69) is 32.9 Å². The van der Waals surface area contributed by atoms with Crippen LogP contribution in [0.15, 0.2) is 16.9 Å². The summed E-state index contributed by atoms with van der Waals surface area (Å²) in [4.78, 5) is 9.18. The lowest BCUT2D eigenvalue weighted by Gasteiger charge is -2.13. The van der Waals surface area contributed by atoms with Crippen LogP contribution >= 0.6 is 15.9 Å². The van der Waals surface area contributed by atoms with Gasteiger partial charge < -0.3 is 5.73 Å². The number of hydrogen-bond acceptors (Lipinski definition) is 4. The molecule has 0 saturated heterocycles. The molecule has 0 bridgehead atoms. The standard InChI is InChI=1S/C15H20BrN5/c1-2-7-21-9-11(8-18-21)15-19-13(10-5-3-4-6-10)12(16)14(17)20-15/h8-10H,2-7H2,1H3,(H2,17,19,20). The van der Waals surface area contributed by atoms with Crippen molar-refractivity contribution in [3.05, 3.63) is 22.6 Å². The number of hydrogen-bond donors (Lipinski definition) is 1. The second kappa shape index (κ2) is 6.13. The van der Waals surface area contributed by atoms with Gasteiger partial charge in [-0.25, -0.2) is 9.97 Å². The van der Waals surface area contributed by atoms with Gasteiger partial charge in [0.25, 0.3) is 0 Å². The zero-order valence-electron chi connectivity index (χ0n) is 12.2. The van der Waals surface area contributed by atoms with Crippen molar-refractivity contribution >= 4 is 21.7 Å². The van der Waals surface area contributed by atoms with E-state index in [0.29, 0.717) is 17.6 Å². The van der Waals surface area contributed by atoms with Crippen molar-refractivity contribution in [2.75, 3.05) is 5.73 Å². The third-order valence-corrected chi connectivity index (χ3v) is 4.80. The van der Waals surface area contributed by atoms with E-state index < -0.39 is 0 Å². The zero-order valence-corrected chi connectivity index (χ0v) is 13.8. The molecule has 21 heavy (non-hydrogen) atoms. The molecule has 3 rings (SSSR count). The van der Waals surface area contributed by atoms with Gasteiger partial charge in [0, 0.05) is 18.7 Å². The Balaban J connectivity index is 1.98. The third kappa shape index (κ3) is 2.95. The van der Waals surface area contributed by atoms with E-state index >= 15 is 0 Å². The summed E-state index contributed by atoms with van der Waals surface area (Å²) in [6.45, 7) is 3.04. The van der Waals surface area contributed by atoms with Crippen LogP contribution in [0.25, 0.3) is 11.4 Å². The minimum Gasteiger partial charge on any atom is -0.383 e. The Hall–Kier alpha value is -1.43. The number of nitrogen functional groups attached to an aromatic ring is 1. The normalized spacial score (nSPS) is 15.7. The molecule has 0 atom stereocenters. The maximum atomic E-state index is 6.07. The highest BCUT2D eigenvalue weighted by atomic mass is 79.9. The van der Waals surface area contributed by atoms with Crippen LogP contribution < -0.4 is 5.73 Å². The van der Waals surface area contributed by atoms with Crippen LogP contribution in [0.3, 0.4) is 0 Å². The first-order valence-corrected chi connectivity index (χ1v) is 8.34. The van der Waals surface area contributed by atoms with Crippen molar-refractivity contribution in [1.29, 1.82) is 0 Å². The third-order valence-electron chi connectivity index (χ3n) is 3.99. The number of nitrogens with zero attached hydrogens (tertiary/aromatic N) is 4. The minimum atomic E-state index is 0.495. The second-order valence-electron chi connectivity index (χ2n) is 5.61. The Morgan fingerprint density at radius 2 is 2.10 bits per heavy atom. The molecule has 2 aromatic rings. The lowest BCUT2D eigenvalue weighted by Crippen LogP contribution is -2.05. The fourth-order valence-corrected chi connectivity index (χ4v) is 3.41. The largest absolute Gasteiger partial charge is 0.383 e. The van der Waals surface area contributed by atoms with Crippen molar-refractivity contribution in [2.24, 2.45) is 0 Å². The van der Waals surface area contributed by atoms with Gasteiger partial charge in [0.2, 0.25) is 0 Å². The molecule has 5 nitrogen and oxygen atoms in total. The van der Waals surface area contributed by atoms with Gasteiger partial charge in [0.15, 0.2) is 5.82 Å². The van der Waals surface area contributed by atoms with E-state index in [4.69, 9.17) is 10.7 Å². The monoisotopic (exact) mass is 349 g/mol. The lowest BCUT2D eigenvalue weighted by atomic mass is 10.0. The van der Waals surface area contributed by atoms with Crippen molar-refractivity contribution in [1.82, 2.24) is 19.7 Å². The number of anilines is 1. The van der Waals surface area contributed by atoms with Crippen LogP contribution in [0.1, 0.15) is 50.6 Å². The van der Waals surface area contributed by atoms with Crippen molar-refractivity contribution in [3.63, 3.8) is 0 Å². The average Bonchev–Trinajstić information content (AvgIpc) is 3.13. The highest BCUT2D eigenvalue weighted by molar-refractivity contribution is 9.10. The van der Waals surface area contributed by atoms with Crippen molar-refractivity contribution < 1.29 is 0 Å². The maximum Gasteiger partial charge on any atom is 0.165 e. The molecule has 0 unspecified atom stereocenters. The first-order chi connectivity index (χ1) is 10.2. The first-order valence-electron chi connectivity index (χ1n) is 7.54. The SMILES string of the molecule is CCCn1cc(-c2nc(N)c(Br)c(C3CCCC3)n2)cn1. The zero-order chi connectivity index (χ0) is 14.8. The Kier molecular flexibility index (Phi) is 4.24. The Bertz CT molecular complexity index is 631. The molecule has 1 aliphatic carbocycles. The molecule has 1 fully saturated rings. The van der Waals surface area contributed by atoms with Crippen LogP contribution in [-0.4, -0.2) is 19.7 Å². The molecule has 0 spiro atoms. The lowest BCUT2D eigenvalue weighted by molar-refractivity contribution is 0.603. The van der Waals surface area contributed by atoms with E-state index in [-0.39, 0.29) is 0 Å². The smallest absolute Gasteiger partial charge is 0.165 e. The van der Waals surface area contributed by atoms with Crippen LogP contribution in [0.4, 0.5) is 5.82 Å². The molecular formula is C15H20BrN5.